The fourth-order valence-corrected chi connectivity index (χ4v) is 2.95. The highest BCUT2D eigenvalue weighted by Gasteiger charge is 2.24. The van der Waals surface area contributed by atoms with Gasteiger partial charge in [-0.15, -0.1) is 0 Å². The number of nitrogens with zero attached hydrogens (tertiary/aromatic N) is 1. The molecule has 0 aromatic carbocycles. The van der Waals surface area contributed by atoms with E-state index in [1.54, 1.807) is 0 Å². The number of ether oxygens (including phenoxy) is 1. The second-order valence-corrected chi connectivity index (χ2v) is 7.07. The van der Waals surface area contributed by atoms with Crippen LogP contribution in [0.4, 0.5) is 0 Å². The van der Waals surface area contributed by atoms with Crippen LogP contribution in [0.1, 0.15) is 71.2 Å². The Hall–Kier alpha value is -1.57. The van der Waals surface area contributed by atoms with Gasteiger partial charge in [0.25, 0.3) is 0 Å². The van der Waals surface area contributed by atoms with E-state index in [1.807, 2.05) is 6.92 Å². The van der Waals surface area contributed by atoms with Gasteiger partial charge in [-0.2, -0.15) is 0 Å². The molecule has 1 atom stereocenters. The minimum Gasteiger partial charge on any atom is -0.470 e. The molecule has 1 aromatic heterocycles. The first-order valence-corrected chi connectivity index (χ1v) is 8.29. The van der Waals surface area contributed by atoms with E-state index in [9.17, 15) is 0 Å². The molecular weight excluding hydrogens is 270 g/mol. The van der Waals surface area contributed by atoms with Crippen LogP contribution in [0.5, 0.6) is 5.88 Å². The number of pyridine rings is 1. The molecule has 2 nitrogen and oxygen atoms in total. The molecule has 0 saturated heterocycles. The van der Waals surface area contributed by atoms with Crippen LogP contribution in [0.2, 0.25) is 0 Å². The third-order valence-electron chi connectivity index (χ3n) is 4.57. The summed E-state index contributed by atoms with van der Waals surface area (Å²) in [5.74, 6) is 1.67. The van der Waals surface area contributed by atoms with Crippen LogP contribution in [-0.4, -0.2) is 11.1 Å². The molecule has 0 saturated carbocycles. The van der Waals surface area contributed by atoms with Crippen LogP contribution in [0.3, 0.4) is 0 Å². The number of aryl methyl sites for hydroxylation is 1. The van der Waals surface area contributed by atoms with Crippen LogP contribution in [0.15, 0.2) is 23.3 Å². The maximum Gasteiger partial charge on any atom is 0.222 e. The molecule has 0 aliphatic carbocycles. The predicted octanol–water partition coefficient (Wildman–Crippen LogP) is 5.67. The Balaban J connectivity index is 2.82. The van der Waals surface area contributed by atoms with Crippen molar-refractivity contribution >= 4 is 5.57 Å². The van der Waals surface area contributed by atoms with E-state index >= 15 is 0 Å². The van der Waals surface area contributed by atoms with Gasteiger partial charge in [0.05, 0.1) is 0 Å². The molecular formula is C20H29NO. The molecule has 2 heteroatoms. The SMILES string of the molecule is CC1=C(\C)[C@@H](C)Oc2nc(C)cc(C(C)C)c2/C(C(C)C)=C\1. The summed E-state index contributed by atoms with van der Waals surface area (Å²) in [4.78, 5) is 4.72. The molecule has 0 radical (unpaired) electrons. The average molecular weight is 299 g/mol. The molecule has 1 aromatic rings. The van der Waals surface area contributed by atoms with E-state index in [-0.39, 0.29) is 6.10 Å². The van der Waals surface area contributed by atoms with Crippen LogP contribution in [0, 0.1) is 12.8 Å². The van der Waals surface area contributed by atoms with Crippen molar-refractivity contribution in [3.05, 3.63) is 40.1 Å². The number of aromatic nitrogens is 1. The van der Waals surface area contributed by atoms with Gasteiger partial charge in [-0.1, -0.05) is 33.8 Å². The zero-order chi connectivity index (χ0) is 16.6. The summed E-state index contributed by atoms with van der Waals surface area (Å²) in [6.45, 7) is 17.5. The molecule has 0 bridgehead atoms. The van der Waals surface area contributed by atoms with E-state index in [4.69, 9.17) is 9.72 Å². The molecule has 1 aliphatic heterocycles. The standard InChI is InChI=1S/C20H29NO/c1-11(2)17-9-13(5)15(7)16(8)22-20-19(17)18(12(3)4)10-14(6)21-20/h9-12,16H,1-8H3/b15-13-,17-9-/t16-/m1/s1. The van der Waals surface area contributed by atoms with Crippen molar-refractivity contribution in [1.29, 1.82) is 0 Å². The van der Waals surface area contributed by atoms with Crippen molar-refractivity contribution in [2.45, 2.75) is 67.4 Å². The largest absolute Gasteiger partial charge is 0.470 e. The van der Waals surface area contributed by atoms with E-state index < -0.39 is 0 Å². The molecule has 120 valence electrons. The molecule has 22 heavy (non-hydrogen) atoms. The van der Waals surface area contributed by atoms with Crippen LogP contribution >= 0.6 is 0 Å². The molecule has 2 heterocycles. The number of allylic oxidation sites excluding steroid dienone is 3. The van der Waals surface area contributed by atoms with Gasteiger partial charge < -0.3 is 4.74 Å². The maximum atomic E-state index is 6.26. The lowest BCUT2D eigenvalue weighted by Gasteiger charge is -2.27. The van der Waals surface area contributed by atoms with Gasteiger partial charge in [-0.25, -0.2) is 4.98 Å². The van der Waals surface area contributed by atoms with Crippen molar-refractivity contribution in [2.24, 2.45) is 5.92 Å². The summed E-state index contributed by atoms with van der Waals surface area (Å²) < 4.78 is 6.26. The lowest BCUT2D eigenvalue weighted by Crippen LogP contribution is -2.19. The predicted molar refractivity (Wildman–Crippen MR) is 94.3 cm³/mol. The van der Waals surface area contributed by atoms with Crippen molar-refractivity contribution in [3.63, 3.8) is 0 Å². The van der Waals surface area contributed by atoms with Crippen molar-refractivity contribution in [1.82, 2.24) is 4.98 Å². The van der Waals surface area contributed by atoms with Crippen LogP contribution in [-0.2, 0) is 0 Å². The third kappa shape index (κ3) is 3.11. The van der Waals surface area contributed by atoms with E-state index in [1.165, 1.54) is 27.8 Å². The first-order chi connectivity index (χ1) is 10.2. The molecule has 2 rings (SSSR count). The van der Waals surface area contributed by atoms with Gasteiger partial charge >= 0.3 is 0 Å². The zero-order valence-corrected chi connectivity index (χ0v) is 15.2. The van der Waals surface area contributed by atoms with Crippen molar-refractivity contribution in [3.8, 4) is 5.88 Å². The molecule has 0 amide bonds. The smallest absolute Gasteiger partial charge is 0.222 e. The lowest BCUT2D eigenvalue weighted by atomic mass is 9.85. The summed E-state index contributed by atoms with van der Waals surface area (Å²) in [6.07, 6.45) is 2.39. The monoisotopic (exact) mass is 299 g/mol. The Morgan fingerprint density at radius 2 is 1.68 bits per heavy atom. The van der Waals surface area contributed by atoms with Gasteiger partial charge in [0.15, 0.2) is 0 Å². The average Bonchev–Trinajstić information content (AvgIpc) is 2.42. The molecule has 1 aliphatic rings. The number of hydrogen-bond acceptors (Lipinski definition) is 2. The molecule has 0 N–H and O–H groups in total. The van der Waals surface area contributed by atoms with Crippen molar-refractivity contribution in [2.75, 3.05) is 0 Å². The summed E-state index contributed by atoms with van der Waals surface area (Å²) in [5, 5.41) is 0. The van der Waals surface area contributed by atoms with E-state index in [0.717, 1.165) is 11.6 Å². The normalized spacial score (nSPS) is 24.5. The first-order valence-electron chi connectivity index (χ1n) is 8.29. The van der Waals surface area contributed by atoms with Crippen LogP contribution in [0.25, 0.3) is 5.57 Å². The topological polar surface area (TPSA) is 22.1 Å². The number of hydrogen-bond donors (Lipinski definition) is 0. The number of rotatable bonds is 2. The highest BCUT2D eigenvalue weighted by atomic mass is 16.5. The van der Waals surface area contributed by atoms with Gasteiger partial charge in [0.2, 0.25) is 5.88 Å². The Kier molecular flexibility index (Phi) is 4.79. The minimum atomic E-state index is 0.0537. The molecule has 0 spiro atoms. The first kappa shape index (κ1) is 16.8. The second-order valence-electron chi connectivity index (χ2n) is 7.07. The Morgan fingerprint density at radius 3 is 2.23 bits per heavy atom. The fourth-order valence-electron chi connectivity index (χ4n) is 2.95. The van der Waals surface area contributed by atoms with Gasteiger partial charge in [0, 0.05) is 11.3 Å². The fraction of sp³-hybridized carbons (Fsp3) is 0.550. The van der Waals surface area contributed by atoms with Crippen LogP contribution < -0.4 is 4.74 Å². The van der Waals surface area contributed by atoms with Gasteiger partial charge in [-0.3, -0.25) is 0 Å². The van der Waals surface area contributed by atoms with Crippen molar-refractivity contribution < 1.29 is 4.74 Å². The minimum absolute atomic E-state index is 0.0537. The summed E-state index contributed by atoms with van der Waals surface area (Å²) >= 11 is 0. The molecule has 0 fully saturated rings. The Labute approximate surface area is 135 Å². The Morgan fingerprint density at radius 1 is 1.05 bits per heavy atom. The summed E-state index contributed by atoms with van der Waals surface area (Å²) in [5.41, 5.74) is 7.47. The maximum absolute atomic E-state index is 6.26. The Bertz CT molecular complexity index is 635. The van der Waals surface area contributed by atoms with Gasteiger partial charge in [-0.05, 0) is 67.9 Å². The summed E-state index contributed by atoms with van der Waals surface area (Å²) in [7, 11) is 0. The highest BCUT2D eigenvalue weighted by Crippen LogP contribution is 2.39. The van der Waals surface area contributed by atoms with E-state index in [2.05, 4.69) is 60.6 Å². The quantitative estimate of drug-likeness (QED) is 0.702. The van der Waals surface area contributed by atoms with Gasteiger partial charge in [0.1, 0.15) is 6.10 Å². The van der Waals surface area contributed by atoms with E-state index in [0.29, 0.717) is 11.8 Å². The molecule has 0 unspecified atom stereocenters. The zero-order valence-electron chi connectivity index (χ0n) is 15.2. The third-order valence-corrected chi connectivity index (χ3v) is 4.57. The second kappa shape index (κ2) is 6.28. The number of fused-ring (bicyclic) bond motifs is 1. The highest BCUT2D eigenvalue weighted by molar-refractivity contribution is 5.76. The summed E-state index contributed by atoms with van der Waals surface area (Å²) in [6, 6.07) is 2.21. The lowest BCUT2D eigenvalue weighted by molar-refractivity contribution is 0.244.